The number of Topliss-reactive ketones (excluding diaryl/α,β-unsaturated/α-hetero) is 1. The van der Waals surface area contributed by atoms with E-state index in [-0.39, 0.29) is 17.9 Å². The van der Waals surface area contributed by atoms with Gasteiger partial charge in [-0.25, -0.2) is 0 Å². The molecule has 0 N–H and O–H groups in total. The number of carbonyl (C=O) groups excluding carboxylic acids is 1. The lowest BCUT2D eigenvalue weighted by Crippen LogP contribution is -2.43. The summed E-state index contributed by atoms with van der Waals surface area (Å²) in [6, 6.07) is 20.8. The van der Waals surface area contributed by atoms with E-state index in [1.807, 2.05) is 36.4 Å². The van der Waals surface area contributed by atoms with Crippen LogP contribution in [-0.2, 0) is 4.79 Å². The van der Waals surface area contributed by atoms with Crippen molar-refractivity contribution in [3.63, 3.8) is 0 Å². The van der Waals surface area contributed by atoms with Crippen LogP contribution in [0.15, 0.2) is 71.8 Å². The SMILES string of the molecule is CN1[C@@H]2CC[C@H]1/C(=C/c1ccccc1)C(=O)/C2=C/c1ccccc1. The molecule has 2 aromatic rings. The second-order valence-electron chi connectivity index (χ2n) is 6.62. The molecule has 0 spiro atoms. The second kappa shape index (κ2) is 6.21. The van der Waals surface area contributed by atoms with Gasteiger partial charge in [0.15, 0.2) is 5.78 Å². The predicted molar refractivity (Wildman–Crippen MR) is 98.4 cm³/mol. The van der Waals surface area contributed by atoms with Gasteiger partial charge in [0.05, 0.1) is 0 Å². The molecule has 2 aliphatic heterocycles. The molecule has 0 radical (unpaired) electrons. The molecule has 2 bridgehead atoms. The molecule has 2 fully saturated rings. The number of nitrogens with zero attached hydrogens (tertiary/aromatic N) is 1. The van der Waals surface area contributed by atoms with Gasteiger partial charge in [-0.05, 0) is 43.2 Å². The Labute approximate surface area is 143 Å². The number of likely N-dealkylation sites (N-methyl/N-ethyl adjacent to an activating group) is 1. The first-order chi connectivity index (χ1) is 11.7. The van der Waals surface area contributed by atoms with Crippen LogP contribution in [0.2, 0.25) is 0 Å². The summed E-state index contributed by atoms with van der Waals surface area (Å²) in [5.41, 5.74) is 4.05. The van der Waals surface area contributed by atoms with Crippen molar-refractivity contribution in [1.29, 1.82) is 0 Å². The number of ketones is 1. The van der Waals surface area contributed by atoms with Crippen LogP contribution in [-0.4, -0.2) is 29.8 Å². The Balaban J connectivity index is 1.78. The van der Waals surface area contributed by atoms with E-state index in [1.165, 1.54) is 0 Å². The minimum atomic E-state index is 0.216. The Morgan fingerprint density at radius 3 is 1.62 bits per heavy atom. The highest BCUT2D eigenvalue weighted by Crippen LogP contribution is 2.40. The Bertz CT molecular complexity index is 737. The van der Waals surface area contributed by atoms with Gasteiger partial charge in [-0.3, -0.25) is 9.69 Å². The smallest absolute Gasteiger partial charge is 0.188 e. The number of hydrogen-bond acceptors (Lipinski definition) is 2. The van der Waals surface area contributed by atoms with Gasteiger partial charge in [0.2, 0.25) is 0 Å². The maximum Gasteiger partial charge on any atom is 0.188 e. The van der Waals surface area contributed by atoms with E-state index < -0.39 is 0 Å². The lowest BCUT2D eigenvalue weighted by Gasteiger charge is -2.34. The van der Waals surface area contributed by atoms with E-state index in [0.29, 0.717) is 0 Å². The summed E-state index contributed by atoms with van der Waals surface area (Å²) in [5.74, 6) is 0.216. The summed E-state index contributed by atoms with van der Waals surface area (Å²) in [6.45, 7) is 0. The van der Waals surface area contributed by atoms with Gasteiger partial charge in [-0.2, -0.15) is 0 Å². The van der Waals surface area contributed by atoms with Gasteiger partial charge < -0.3 is 0 Å². The summed E-state index contributed by atoms with van der Waals surface area (Å²) in [6.07, 6.45) is 6.25. The topological polar surface area (TPSA) is 20.3 Å². The van der Waals surface area contributed by atoms with Crippen LogP contribution in [0.1, 0.15) is 24.0 Å². The van der Waals surface area contributed by atoms with E-state index in [0.717, 1.165) is 35.1 Å². The molecule has 2 heterocycles. The van der Waals surface area contributed by atoms with Crippen LogP contribution in [0.5, 0.6) is 0 Å². The third-order valence-electron chi connectivity index (χ3n) is 5.18. The minimum absolute atomic E-state index is 0.216. The fraction of sp³-hybridized carbons (Fsp3) is 0.227. The fourth-order valence-electron chi connectivity index (χ4n) is 3.94. The lowest BCUT2D eigenvalue weighted by molar-refractivity contribution is -0.114. The first-order valence-corrected chi connectivity index (χ1v) is 8.54. The molecular formula is C22H21NO. The van der Waals surface area contributed by atoms with E-state index in [1.54, 1.807) is 0 Å². The maximum absolute atomic E-state index is 13.2. The van der Waals surface area contributed by atoms with E-state index in [9.17, 15) is 4.79 Å². The Hall–Kier alpha value is -2.45. The zero-order valence-corrected chi connectivity index (χ0v) is 13.9. The van der Waals surface area contributed by atoms with E-state index in [2.05, 4.69) is 48.4 Å². The summed E-state index contributed by atoms with van der Waals surface area (Å²) < 4.78 is 0. The Kier molecular flexibility index (Phi) is 3.91. The zero-order chi connectivity index (χ0) is 16.5. The van der Waals surface area contributed by atoms with Crippen molar-refractivity contribution in [3.8, 4) is 0 Å². The molecule has 0 aliphatic carbocycles. The number of rotatable bonds is 2. The molecule has 0 unspecified atom stereocenters. The third-order valence-corrected chi connectivity index (χ3v) is 5.18. The fourth-order valence-corrected chi connectivity index (χ4v) is 3.94. The summed E-state index contributed by atoms with van der Waals surface area (Å²) in [5, 5.41) is 0. The molecule has 2 saturated heterocycles. The highest BCUT2D eigenvalue weighted by atomic mass is 16.1. The number of benzene rings is 2. The molecule has 0 saturated carbocycles. The largest absolute Gasteiger partial charge is 0.292 e. The third kappa shape index (κ3) is 2.63. The first kappa shape index (κ1) is 15.1. The monoisotopic (exact) mass is 315 g/mol. The van der Waals surface area contributed by atoms with E-state index in [4.69, 9.17) is 0 Å². The second-order valence-corrected chi connectivity index (χ2v) is 6.62. The molecule has 2 atom stereocenters. The molecule has 2 aliphatic rings. The molecule has 0 amide bonds. The van der Waals surface area contributed by atoms with Gasteiger partial charge in [0, 0.05) is 23.2 Å². The van der Waals surface area contributed by atoms with Crippen molar-refractivity contribution in [1.82, 2.24) is 4.90 Å². The number of fused-ring (bicyclic) bond motifs is 2. The van der Waals surface area contributed by atoms with Crippen molar-refractivity contribution in [2.75, 3.05) is 7.05 Å². The van der Waals surface area contributed by atoms with Crippen LogP contribution in [0.4, 0.5) is 0 Å². The number of hydrogen-bond donors (Lipinski definition) is 0. The molecule has 2 heteroatoms. The Morgan fingerprint density at radius 2 is 1.21 bits per heavy atom. The van der Waals surface area contributed by atoms with Crippen molar-refractivity contribution in [2.45, 2.75) is 24.9 Å². The average Bonchev–Trinajstić information content (AvgIpc) is 2.93. The highest BCUT2D eigenvalue weighted by Gasteiger charge is 2.44. The van der Waals surface area contributed by atoms with Crippen molar-refractivity contribution in [2.24, 2.45) is 0 Å². The van der Waals surface area contributed by atoms with Crippen molar-refractivity contribution in [3.05, 3.63) is 82.9 Å². The van der Waals surface area contributed by atoms with Gasteiger partial charge >= 0.3 is 0 Å². The van der Waals surface area contributed by atoms with E-state index >= 15 is 0 Å². The van der Waals surface area contributed by atoms with Crippen LogP contribution < -0.4 is 0 Å². The van der Waals surface area contributed by atoms with Crippen LogP contribution in [0.25, 0.3) is 12.2 Å². The van der Waals surface area contributed by atoms with Crippen molar-refractivity contribution < 1.29 is 4.79 Å². The minimum Gasteiger partial charge on any atom is -0.292 e. The van der Waals surface area contributed by atoms with Gasteiger partial charge in [0.25, 0.3) is 0 Å². The van der Waals surface area contributed by atoms with Crippen LogP contribution in [0.3, 0.4) is 0 Å². The van der Waals surface area contributed by atoms with Gasteiger partial charge in [-0.1, -0.05) is 60.7 Å². The zero-order valence-electron chi connectivity index (χ0n) is 13.9. The molecule has 120 valence electrons. The molecule has 4 rings (SSSR count). The van der Waals surface area contributed by atoms with Crippen molar-refractivity contribution >= 4 is 17.9 Å². The quantitative estimate of drug-likeness (QED) is 0.774. The maximum atomic E-state index is 13.2. The summed E-state index contributed by atoms with van der Waals surface area (Å²) >= 11 is 0. The summed E-state index contributed by atoms with van der Waals surface area (Å²) in [7, 11) is 2.15. The normalized spacial score (nSPS) is 27.1. The highest BCUT2D eigenvalue weighted by molar-refractivity contribution is 6.16. The average molecular weight is 315 g/mol. The predicted octanol–water partition coefficient (Wildman–Crippen LogP) is 4.20. The van der Waals surface area contributed by atoms with Gasteiger partial charge in [0.1, 0.15) is 0 Å². The Morgan fingerprint density at radius 1 is 0.792 bits per heavy atom. The summed E-state index contributed by atoms with van der Waals surface area (Å²) in [4.78, 5) is 15.5. The molecule has 24 heavy (non-hydrogen) atoms. The molecule has 2 nitrogen and oxygen atoms in total. The number of carbonyl (C=O) groups is 1. The number of piperidine rings is 1. The van der Waals surface area contributed by atoms with Crippen LogP contribution in [0, 0.1) is 0 Å². The molecule has 0 aromatic heterocycles. The van der Waals surface area contributed by atoms with Crippen LogP contribution >= 0.6 is 0 Å². The molecule has 2 aromatic carbocycles. The standard InChI is InChI=1S/C22H21NO/c1-23-20-12-13-21(23)19(15-17-10-6-3-7-11-17)22(24)18(20)14-16-8-4-2-5-9-16/h2-11,14-15,20-21H,12-13H2,1H3/b18-14-,19-15+/t20-,21+/m0/s1. The van der Waals surface area contributed by atoms with Gasteiger partial charge in [-0.15, -0.1) is 0 Å². The lowest BCUT2D eigenvalue weighted by atomic mass is 9.88. The molecular weight excluding hydrogens is 294 g/mol. The first-order valence-electron chi connectivity index (χ1n) is 8.54.